The van der Waals surface area contributed by atoms with Gasteiger partial charge in [-0.15, -0.1) is 0 Å². The molecule has 1 heterocycles. The molecule has 2 aromatic carbocycles. The van der Waals surface area contributed by atoms with Crippen molar-refractivity contribution in [2.75, 3.05) is 0 Å². The smallest absolute Gasteiger partial charge is 0.166 e. The second-order valence-electron chi connectivity index (χ2n) is 4.12. The Labute approximate surface area is 110 Å². The lowest BCUT2D eigenvalue weighted by Gasteiger charge is -2.08. The highest BCUT2D eigenvalue weighted by atomic mass is 16.5. The summed E-state index contributed by atoms with van der Waals surface area (Å²) < 4.78 is 5.56. The molecule has 0 radical (unpaired) electrons. The lowest BCUT2D eigenvalue weighted by Crippen LogP contribution is -2.00. The van der Waals surface area contributed by atoms with Crippen LogP contribution in [-0.2, 0) is 6.61 Å². The summed E-state index contributed by atoms with van der Waals surface area (Å²) in [6, 6.07) is 13.0. The van der Waals surface area contributed by atoms with Gasteiger partial charge in [0.25, 0.3) is 0 Å². The number of fused-ring (bicyclic) bond motifs is 1. The number of benzene rings is 2. The molecule has 4 nitrogen and oxygen atoms in total. The molecule has 0 fully saturated rings. The molecular weight excluding hydrogens is 240 g/mol. The van der Waals surface area contributed by atoms with Gasteiger partial charge in [0.1, 0.15) is 6.61 Å². The van der Waals surface area contributed by atoms with Crippen molar-refractivity contribution in [3.8, 4) is 11.5 Å². The zero-order valence-corrected chi connectivity index (χ0v) is 10.2. The van der Waals surface area contributed by atoms with Crippen LogP contribution in [0.25, 0.3) is 10.8 Å². The average Bonchev–Trinajstić information content (AvgIpc) is 2.46. The fourth-order valence-electron chi connectivity index (χ4n) is 1.87. The molecule has 0 bridgehead atoms. The summed E-state index contributed by atoms with van der Waals surface area (Å²) in [5, 5.41) is 11.9. The first kappa shape index (κ1) is 11.5. The Morgan fingerprint density at radius 1 is 0.947 bits per heavy atom. The van der Waals surface area contributed by atoms with Gasteiger partial charge in [-0.25, -0.2) is 9.97 Å². The van der Waals surface area contributed by atoms with Gasteiger partial charge in [-0.2, -0.15) is 0 Å². The quantitative estimate of drug-likeness (QED) is 0.778. The van der Waals surface area contributed by atoms with Crippen LogP contribution in [0.5, 0.6) is 11.5 Å². The summed E-state index contributed by atoms with van der Waals surface area (Å²) in [4.78, 5) is 8.14. The second kappa shape index (κ2) is 4.94. The highest BCUT2D eigenvalue weighted by Crippen LogP contribution is 2.31. The molecule has 1 N–H and O–H groups in total. The van der Waals surface area contributed by atoms with E-state index < -0.39 is 0 Å². The first-order valence-corrected chi connectivity index (χ1v) is 5.93. The van der Waals surface area contributed by atoms with E-state index in [0.717, 1.165) is 10.8 Å². The van der Waals surface area contributed by atoms with Gasteiger partial charge in [-0.05, 0) is 29.0 Å². The van der Waals surface area contributed by atoms with Crippen LogP contribution in [0, 0.1) is 0 Å². The number of aromatic hydroxyl groups is 1. The first-order chi connectivity index (χ1) is 9.33. The Morgan fingerprint density at radius 3 is 2.37 bits per heavy atom. The van der Waals surface area contributed by atoms with Gasteiger partial charge in [0, 0.05) is 12.4 Å². The van der Waals surface area contributed by atoms with Gasteiger partial charge in [0.15, 0.2) is 17.3 Å². The van der Waals surface area contributed by atoms with E-state index in [1.807, 2.05) is 30.3 Å². The number of phenolic OH excluding ortho intramolecular Hbond substituents is 1. The first-order valence-electron chi connectivity index (χ1n) is 5.93. The average molecular weight is 252 g/mol. The van der Waals surface area contributed by atoms with Crippen molar-refractivity contribution >= 4 is 10.8 Å². The molecule has 0 aliphatic rings. The molecule has 0 aliphatic carbocycles. The molecule has 0 amide bonds. The lowest BCUT2D eigenvalue weighted by molar-refractivity contribution is 0.280. The van der Waals surface area contributed by atoms with Gasteiger partial charge in [-0.1, -0.05) is 24.3 Å². The van der Waals surface area contributed by atoms with Crippen LogP contribution >= 0.6 is 0 Å². The van der Waals surface area contributed by atoms with E-state index in [2.05, 4.69) is 9.97 Å². The molecule has 1 aromatic heterocycles. The number of phenols is 1. The van der Waals surface area contributed by atoms with E-state index in [0.29, 0.717) is 11.6 Å². The predicted molar refractivity (Wildman–Crippen MR) is 72.0 cm³/mol. The standard InChI is InChI=1S/C15H12N2O2/c18-13-8-11-4-1-2-5-12(11)9-14(13)19-10-15-16-6-3-7-17-15/h1-9,18H,10H2. The van der Waals surface area contributed by atoms with Crippen molar-refractivity contribution in [2.45, 2.75) is 6.61 Å². The number of nitrogens with zero attached hydrogens (tertiary/aromatic N) is 2. The molecule has 0 saturated carbocycles. The van der Waals surface area contributed by atoms with E-state index >= 15 is 0 Å². The van der Waals surface area contributed by atoms with Crippen molar-refractivity contribution in [3.05, 3.63) is 60.7 Å². The van der Waals surface area contributed by atoms with Crippen molar-refractivity contribution < 1.29 is 9.84 Å². The number of hydrogen-bond donors (Lipinski definition) is 1. The van der Waals surface area contributed by atoms with Crippen LogP contribution in [0.1, 0.15) is 5.82 Å². The van der Waals surface area contributed by atoms with Crippen LogP contribution in [0.3, 0.4) is 0 Å². The van der Waals surface area contributed by atoms with Crippen molar-refractivity contribution in [3.63, 3.8) is 0 Å². The third-order valence-corrected chi connectivity index (χ3v) is 2.80. The monoisotopic (exact) mass is 252 g/mol. The van der Waals surface area contributed by atoms with E-state index in [1.165, 1.54) is 0 Å². The maximum atomic E-state index is 9.92. The van der Waals surface area contributed by atoms with Crippen LogP contribution in [0.4, 0.5) is 0 Å². The highest BCUT2D eigenvalue weighted by Gasteiger charge is 2.06. The van der Waals surface area contributed by atoms with Gasteiger partial charge in [0.2, 0.25) is 0 Å². The zero-order valence-electron chi connectivity index (χ0n) is 10.2. The maximum Gasteiger partial charge on any atom is 0.166 e. The molecule has 3 rings (SSSR count). The second-order valence-corrected chi connectivity index (χ2v) is 4.12. The van der Waals surface area contributed by atoms with Gasteiger partial charge in [0.05, 0.1) is 0 Å². The largest absolute Gasteiger partial charge is 0.504 e. The van der Waals surface area contributed by atoms with E-state index in [4.69, 9.17) is 4.74 Å². The van der Waals surface area contributed by atoms with Crippen LogP contribution in [0.15, 0.2) is 54.9 Å². The number of rotatable bonds is 3. The van der Waals surface area contributed by atoms with E-state index in [-0.39, 0.29) is 12.4 Å². The number of aromatic nitrogens is 2. The molecule has 0 atom stereocenters. The van der Waals surface area contributed by atoms with Gasteiger partial charge in [-0.3, -0.25) is 0 Å². The van der Waals surface area contributed by atoms with Crippen LogP contribution < -0.4 is 4.74 Å². The SMILES string of the molecule is Oc1cc2ccccc2cc1OCc1ncccn1. The molecule has 94 valence electrons. The van der Waals surface area contributed by atoms with Crippen molar-refractivity contribution in [1.29, 1.82) is 0 Å². The van der Waals surface area contributed by atoms with Crippen LogP contribution in [-0.4, -0.2) is 15.1 Å². The predicted octanol–water partition coefficient (Wildman–Crippen LogP) is 2.91. The molecular formula is C15H12N2O2. The Hall–Kier alpha value is -2.62. The lowest BCUT2D eigenvalue weighted by atomic mass is 10.1. The van der Waals surface area contributed by atoms with Crippen molar-refractivity contribution in [2.24, 2.45) is 0 Å². The normalized spacial score (nSPS) is 10.5. The Balaban J connectivity index is 1.86. The third kappa shape index (κ3) is 2.47. The Kier molecular flexibility index (Phi) is 2.98. The van der Waals surface area contributed by atoms with Crippen molar-refractivity contribution in [1.82, 2.24) is 9.97 Å². The van der Waals surface area contributed by atoms with Gasteiger partial charge >= 0.3 is 0 Å². The van der Waals surface area contributed by atoms with E-state index in [9.17, 15) is 5.11 Å². The topological polar surface area (TPSA) is 55.2 Å². The molecule has 0 unspecified atom stereocenters. The highest BCUT2D eigenvalue weighted by molar-refractivity contribution is 5.85. The molecule has 3 aromatic rings. The minimum absolute atomic E-state index is 0.120. The maximum absolute atomic E-state index is 9.92. The van der Waals surface area contributed by atoms with Gasteiger partial charge < -0.3 is 9.84 Å². The zero-order chi connectivity index (χ0) is 13.1. The fourth-order valence-corrected chi connectivity index (χ4v) is 1.87. The third-order valence-electron chi connectivity index (χ3n) is 2.80. The summed E-state index contributed by atoms with van der Waals surface area (Å²) in [5.41, 5.74) is 0. The fraction of sp³-hybridized carbons (Fsp3) is 0.0667. The summed E-state index contributed by atoms with van der Waals surface area (Å²) in [6.45, 7) is 0.229. The number of hydrogen-bond acceptors (Lipinski definition) is 4. The summed E-state index contributed by atoms with van der Waals surface area (Å²) in [6.07, 6.45) is 3.32. The molecule has 0 saturated heterocycles. The molecule has 19 heavy (non-hydrogen) atoms. The molecule has 4 heteroatoms. The Morgan fingerprint density at radius 2 is 1.63 bits per heavy atom. The molecule has 0 aliphatic heterocycles. The summed E-state index contributed by atoms with van der Waals surface area (Å²) in [7, 11) is 0. The molecule has 0 spiro atoms. The summed E-state index contributed by atoms with van der Waals surface area (Å²) >= 11 is 0. The number of ether oxygens (including phenoxy) is 1. The summed E-state index contributed by atoms with van der Waals surface area (Å²) in [5.74, 6) is 1.14. The van der Waals surface area contributed by atoms with E-state index in [1.54, 1.807) is 24.5 Å². The minimum atomic E-state index is 0.120. The Bertz CT molecular complexity index is 699. The van der Waals surface area contributed by atoms with Crippen LogP contribution in [0.2, 0.25) is 0 Å². The minimum Gasteiger partial charge on any atom is -0.504 e.